The molecule has 1 fully saturated rings. The van der Waals surface area contributed by atoms with Gasteiger partial charge in [-0.15, -0.1) is 11.3 Å². The van der Waals surface area contributed by atoms with Crippen molar-refractivity contribution in [2.45, 2.75) is 44.8 Å². The lowest BCUT2D eigenvalue weighted by Gasteiger charge is -2.46. The van der Waals surface area contributed by atoms with Crippen molar-refractivity contribution in [3.63, 3.8) is 0 Å². The van der Waals surface area contributed by atoms with E-state index in [1.54, 1.807) is 18.4 Å². The Balaban J connectivity index is 2.10. The fourth-order valence-electron chi connectivity index (χ4n) is 2.22. The second-order valence-electron chi connectivity index (χ2n) is 4.57. The Kier molecular flexibility index (Phi) is 3.62. The van der Waals surface area contributed by atoms with Crippen LogP contribution >= 0.6 is 11.3 Å². The third kappa shape index (κ3) is 2.14. The van der Waals surface area contributed by atoms with Crippen LogP contribution in [0.4, 0.5) is 0 Å². The normalized spacial score (nSPS) is 29.1. The lowest BCUT2D eigenvalue weighted by atomic mass is 9.74. The summed E-state index contributed by atoms with van der Waals surface area (Å²) in [6, 6.07) is 0. The maximum atomic E-state index is 5.39. The third-order valence-corrected chi connectivity index (χ3v) is 4.39. The van der Waals surface area contributed by atoms with E-state index in [9.17, 15) is 0 Å². The minimum absolute atomic E-state index is 0.0929. The summed E-state index contributed by atoms with van der Waals surface area (Å²) in [4.78, 5) is 4.63. The van der Waals surface area contributed by atoms with Gasteiger partial charge in [-0.25, -0.2) is 4.98 Å². The van der Waals surface area contributed by atoms with Crippen LogP contribution in [0.1, 0.15) is 36.9 Å². The lowest BCUT2D eigenvalue weighted by molar-refractivity contribution is -0.0330. The Morgan fingerprint density at radius 2 is 2.38 bits per heavy atom. The molecule has 0 radical (unpaired) electrons. The van der Waals surface area contributed by atoms with Crippen molar-refractivity contribution < 1.29 is 4.74 Å². The van der Waals surface area contributed by atoms with Crippen LogP contribution in [0.3, 0.4) is 0 Å². The van der Waals surface area contributed by atoms with Gasteiger partial charge in [-0.2, -0.15) is 0 Å². The van der Waals surface area contributed by atoms with E-state index < -0.39 is 0 Å². The highest BCUT2D eigenvalue weighted by atomic mass is 32.1. The number of nitrogens with one attached hydrogen (secondary N) is 1. The van der Waals surface area contributed by atoms with Crippen molar-refractivity contribution in [3.05, 3.63) is 16.1 Å². The fourth-order valence-corrected chi connectivity index (χ4v) is 3.21. The van der Waals surface area contributed by atoms with Gasteiger partial charge in [0.2, 0.25) is 0 Å². The highest BCUT2D eigenvalue weighted by Crippen LogP contribution is 2.43. The molecular weight excluding hydrogens is 220 g/mol. The van der Waals surface area contributed by atoms with Crippen molar-refractivity contribution in [2.24, 2.45) is 0 Å². The van der Waals surface area contributed by atoms with Crippen molar-refractivity contribution in [3.8, 4) is 0 Å². The predicted molar refractivity (Wildman–Crippen MR) is 66.9 cm³/mol. The molecule has 0 aliphatic heterocycles. The van der Waals surface area contributed by atoms with Gasteiger partial charge in [-0.1, -0.05) is 6.92 Å². The molecule has 3 nitrogen and oxygen atoms in total. The maximum absolute atomic E-state index is 5.39. The average molecular weight is 240 g/mol. The van der Waals surface area contributed by atoms with E-state index in [2.05, 4.69) is 29.5 Å². The molecule has 1 N–H and O–H groups in total. The highest BCUT2D eigenvalue weighted by Gasteiger charge is 2.47. The van der Waals surface area contributed by atoms with E-state index in [1.807, 2.05) is 0 Å². The standard InChI is InChI=1S/C12H20N2OS/c1-4-5-13-12(6-10(7-12)15-3)11-14-9(2)8-16-11/h8,10,13H,4-7H2,1-3H3. The molecule has 1 aliphatic carbocycles. The van der Waals surface area contributed by atoms with Gasteiger partial charge in [0.15, 0.2) is 0 Å². The number of ether oxygens (including phenoxy) is 1. The summed E-state index contributed by atoms with van der Waals surface area (Å²) in [6.07, 6.45) is 3.66. The second kappa shape index (κ2) is 4.82. The smallest absolute Gasteiger partial charge is 0.113 e. The van der Waals surface area contributed by atoms with E-state index >= 15 is 0 Å². The van der Waals surface area contributed by atoms with Gasteiger partial charge >= 0.3 is 0 Å². The van der Waals surface area contributed by atoms with Crippen LogP contribution < -0.4 is 5.32 Å². The molecule has 0 atom stereocenters. The number of aromatic nitrogens is 1. The van der Waals surface area contributed by atoms with Crippen molar-refractivity contribution in [2.75, 3.05) is 13.7 Å². The predicted octanol–water partition coefficient (Wildman–Crippen LogP) is 2.46. The number of rotatable bonds is 5. The zero-order chi connectivity index (χ0) is 11.6. The fraction of sp³-hybridized carbons (Fsp3) is 0.750. The molecule has 16 heavy (non-hydrogen) atoms. The van der Waals surface area contributed by atoms with Crippen LogP contribution in [0.5, 0.6) is 0 Å². The molecule has 0 saturated heterocycles. The summed E-state index contributed by atoms with van der Waals surface area (Å²) < 4.78 is 5.39. The van der Waals surface area contributed by atoms with Crippen LogP contribution in [0, 0.1) is 6.92 Å². The molecule has 1 aliphatic rings. The summed E-state index contributed by atoms with van der Waals surface area (Å²) in [5, 5.41) is 7.00. The molecule has 0 unspecified atom stereocenters. The molecule has 0 bridgehead atoms. The molecule has 1 aromatic rings. The Bertz CT molecular complexity index is 339. The van der Waals surface area contributed by atoms with Crippen LogP contribution in [0.25, 0.3) is 0 Å². The quantitative estimate of drug-likeness (QED) is 0.858. The molecule has 1 aromatic heterocycles. The number of thiazole rings is 1. The lowest BCUT2D eigenvalue weighted by Crippen LogP contribution is -2.55. The van der Waals surface area contributed by atoms with Crippen molar-refractivity contribution >= 4 is 11.3 Å². The largest absolute Gasteiger partial charge is 0.381 e. The first-order valence-electron chi connectivity index (χ1n) is 5.90. The third-order valence-electron chi connectivity index (χ3n) is 3.23. The minimum atomic E-state index is 0.0929. The monoisotopic (exact) mass is 240 g/mol. The number of methoxy groups -OCH3 is 1. The molecule has 1 saturated carbocycles. The molecule has 0 aromatic carbocycles. The summed E-state index contributed by atoms with van der Waals surface area (Å²) >= 11 is 1.77. The molecule has 1 heterocycles. The minimum Gasteiger partial charge on any atom is -0.381 e. The van der Waals surface area contributed by atoms with E-state index in [4.69, 9.17) is 4.74 Å². The number of nitrogens with zero attached hydrogens (tertiary/aromatic N) is 1. The van der Waals surface area contributed by atoms with E-state index in [1.165, 1.54) is 5.01 Å². The van der Waals surface area contributed by atoms with Gasteiger partial charge in [0.25, 0.3) is 0 Å². The molecule has 90 valence electrons. The molecule has 0 spiro atoms. The Morgan fingerprint density at radius 3 is 2.88 bits per heavy atom. The van der Waals surface area contributed by atoms with E-state index in [0.29, 0.717) is 6.10 Å². The highest BCUT2D eigenvalue weighted by molar-refractivity contribution is 7.09. The first-order chi connectivity index (χ1) is 7.70. The molecule has 4 heteroatoms. The summed E-state index contributed by atoms with van der Waals surface area (Å²) in [5.74, 6) is 0. The molecular formula is C12H20N2OS. The van der Waals surface area contributed by atoms with E-state index in [0.717, 1.165) is 31.5 Å². The van der Waals surface area contributed by atoms with Gasteiger partial charge in [0, 0.05) is 18.2 Å². The summed E-state index contributed by atoms with van der Waals surface area (Å²) in [5.41, 5.74) is 1.22. The Hall–Kier alpha value is -0.450. The van der Waals surface area contributed by atoms with Gasteiger partial charge in [-0.05, 0) is 32.7 Å². The molecule has 2 rings (SSSR count). The number of aryl methyl sites for hydroxylation is 1. The van der Waals surface area contributed by atoms with Crippen LogP contribution in [0.2, 0.25) is 0 Å². The summed E-state index contributed by atoms with van der Waals surface area (Å²) in [6.45, 7) is 5.30. The Morgan fingerprint density at radius 1 is 1.62 bits per heavy atom. The number of hydrogen-bond donors (Lipinski definition) is 1. The zero-order valence-corrected chi connectivity index (χ0v) is 11.1. The SMILES string of the molecule is CCCNC1(c2nc(C)cs2)CC(OC)C1. The van der Waals surface area contributed by atoms with Gasteiger partial charge < -0.3 is 10.1 Å². The van der Waals surface area contributed by atoms with Gasteiger partial charge in [0.05, 0.1) is 11.6 Å². The van der Waals surface area contributed by atoms with Crippen molar-refractivity contribution in [1.29, 1.82) is 0 Å². The summed E-state index contributed by atoms with van der Waals surface area (Å²) in [7, 11) is 1.79. The topological polar surface area (TPSA) is 34.2 Å². The average Bonchev–Trinajstić information content (AvgIpc) is 2.64. The van der Waals surface area contributed by atoms with Gasteiger partial charge in [-0.3, -0.25) is 0 Å². The maximum Gasteiger partial charge on any atom is 0.113 e. The number of hydrogen-bond acceptors (Lipinski definition) is 4. The second-order valence-corrected chi connectivity index (χ2v) is 5.43. The van der Waals surface area contributed by atoms with Crippen LogP contribution in [0.15, 0.2) is 5.38 Å². The first-order valence-corrected chi connectivity index (χ1v) is 6.78. The van der Waals surface area contributed by atoms with E-state index in [-0.39, 0.29) is 5.54 Å². The Labute approximate surface area is 101 Å². The van der Waals surface area contributed by atoms with Crippen LogP contribution in [-0.2, 0) is 10.3 Å². The van der Waals surface area contributed by atoms with Gasteiger partial charge in [0.1, 0.15) is 5.01 Å². The first kappa shape index (κ1) is 12.0. The molecule has 0 amide bonds. The van der Waals surface area contributed by atoms with Crippen molar-refractivity contribution in [1.82, 2.24) is 10.3 Å². The van der Waals surface area contributed by atoms with Crippen LogP contribution in [-0.4, -0.2) is 24.7 Å². The zero-order valence-electron chi connectivity index (χ0n) is 10.2.